The van der Waals surface area contributed by atoms with Gasteiger partial charge in [0, 0.05) is 12.1 Å². The van der Waals surface area contributed by atoms with Crippen molar-refractivity contribution in [2.75, 3.05) is 39.7 Å². The Morgan fingerprint density at radius 2 is 1.80 bits per heavy atom. The van der Waals surface area contributed by atoms with Gasteiger partial charge in [0.25, 0.3) is 0 Å². The lowest BCUT2D eigenvalue weighted by Gasteiger charge is -2.31. The zero-order valence-corrected chi connectivity index (χ0v) is 13.2. The summed E-state index contributed by atoms with van der Waals surface area (Å²) in [6.45, 7) is 7.50. The number of ether oxygens (including phenoxy) is 2. The van der Waals surface area contributed by atoms with E-state index in [-0.39, 0.29) is 17.6 Å². The molecule has 1 rings (SSSR count). The maximum Gasteiger partial charge on any atom is 0.324 e. The van der Waals surface area contributed by atoms with Crippen LogP contribution in [0.4, 0.5) is 5.95 Å². The lowest BCUT2D eigenvalue weighted by atomic mass is 10.1. The third-order valence-corrected chi connectivity index (χ3v) is 3.08. The predicted molar refractivity (Wildman–Crippen MR) is 78.4 cm³/mol. The number of likely N-dealkylation sites (N-methyl/N-ethyl adjacent to an activating group) is 1. The number of hydrogen-bond acceptors (Lipinski definition) is 7. The van der Waals surface area contributed by atoms with E-state index in [0.29, 0.717) is 12.6 Å². The molecule has 114 valence electrons. The maximum atomic E-state index is 5.67. The highest BCUT2D eigenvalue weighted by atomic mass is 16.5. The molecule has 0 aliphatic rings. The number of aromatic nitrogens is 3. The third kappa shape index (κ3) is 4.80. The van der Waals surface area contributed by atoms with Gasteiger partial charge in [0.2, 0.25) is 5.95 Å². The molecule has 0 bridgehead atoms. The summed E-state index contributed by atoms with van der Waals surface area (Å²) in [6, 6.07) is 0.515. The SMILES string of the molecule is CCCNc1nc(OC)nc(OCC(C)(C)N(C)C)n1. The van der Waals surface area contributed by atoms with Gasteiger partial charge in [-0.3, -0.25) is 0 Å². The second kappa shape index (κ2) is 7.23. The summed E-state index contributed by atoms with van der Waals surface area (Å²) >= 11 is 0. The molecule has 7 heteroatoms. The number of nitrogens with one attached hydrogen (secondary N) is 1. The summed E-state index contributed by atoms with van der Waals surface area (Å²) in [5.41, 5.74) is -0.114. The molecule has 0 aliphatic heterocycles. The van der Waals surface area contributed by atoms with Crippen molar-refractivity contribution in [2.45, 2.75) is 32.7 Å². The van der Waals surface area contributed by atoms with Crippen LogP contribution in [0.1, 0.15) is 27.2 Å². The molecular formula is C13H25N5O2. The van der Waals surface area contributed by atoms with E-state index in [4.69, 9.17) is 9.47 Å². The normalized spacial score (nSPS) is 11.6. The van der Waals surface area contributed by atoms with Gasteiger partial charge < -0.3 is 19.7 Å². The predicted octanol–water partition coefficient (Wildman–Crippen LogP) is 1.42. The molecule has 0 unspecified atom stereocenters. The average molecular weight is 283 g/mol. The number of methoxy groups -OCH3 is 1. The molecule has 0 radical (unpaired) electrons. The van der Waals surface area contributed by atoms with E-state index >= 15 is 0 Å². The lowest BCUT2D eigenvalue weighted by molar-refractivity contribution is 0.107. The van der Waals surface area contributed by atoms with E-state index in [1.165, 1.54) is 7.11 Å². The molecule has 0 saturated heterocycles. The van der Waals surface area contributed by atoms with Crippen LogP contribution in [-0.4, -0.2) is 59.7 Å². The zero-order chi connectivity index (χ0) is 15.2. The van der Waals surface area contributed by atoms with Gasteiger partial charge in [-0.25, -0.2) is 0 Å². The molecule has 0 aliphatic carbocycles. The topological polar surface area (TPSA) is 72.4 Å². The molecule has 1 aromatic rings. The summed E-state index contributed by atoms with van der Waals surface area (Å²) in [5.74, 6) is 0.469. The molecule has 1 aromatic heterocycles. The minimum atomic E-state index is -0.114. The van der Waals surface area contributed by atoms with Crippen LogP contribution in [0.2, 0.25) is 0 Å². The molecule has 0 atom stereocenters. The van der Waals surface area contributed by atoms with Crippen molar-refractivity contribution in [2.24, 2.45) is 0 Å². The number of nitrogens with zero attached hydrogens (tertiary/aromatic N) is 4. The first-order chi connectivity index (χ1) is 9.39. The molecular weight excluding hydrogens is 258 g/mol. The molecule has 1 heterocycles. The largest absolute Gasteiger partial charge is 0.467 e. The summed E-state index contributed by atoms with van der Waals surface area (Å²) in [7, 11) is 5.53. The van der Waals surface area contributed by atoms with Gasteiger partial charge in [0.15, 0.2) is 0 Å². The first-order valence-corrected chi connectivity index (χ1v) is 6.73. The first kappa shape index (κ1) is 16.4. The highest BCUT2D eigenvalue weighted by molar-refractivity contribution is 5.27. The van der Waals surface area contributed by atoms with E-state index in [1.807, 2.05) is 14.1 Å². The Hall–Kier alpha value is -1.63. The molecule has 0 amide bonds. The van der Waals surface area contributed by atoms with Crippen LogP contribution >= 0.6 is 0 Å². The standard InChI is InChI=1S/C13H25N5O2/c1-7-8-14-10-15-11(19-6)17-12(16-10)20-9-13(2,3)18(4)5/h7-9H2,1-6H3,(H,14,15,16,17). The molecule has 0 aromatic carbocycles. The van der Waals surface area contributed by atoms with Crippen molar-refractivity contribution >= 4 is 5.95 Å². The second-order valence-corrected chi connectivity index (χ2v) is 5.35. The quantitative estimate of drug-likeness (QED) is 0.773. The number of rotatable bonds is 8. The maximum absolute atomic E-state index is 5.67. The minimum absolute atomic E-state index is 0.114. The Morgan fingerprint density at radius 1 is 1.15 bits per heavy atom. The smallest absolute Gasteiger partial charge is 0.324 e. The lowest BCUT2D eigenvalue weighted by Crippen LogP contribution is -2.43. The van der Waals surface area contributed by atoms with Gasteiger partial charge in [-0.15, -0.1) is 4.98 Å². The van der Waals surface area contributed by atoms with Gasteiger partial charge in [-0.05, 0) is 34.4 Å². The molecule has 0 spiro atoms. The van der Waals surface area contributed by atoms with Crippen molar-refractivity contribution in [3.05, 3.63) is 0 Å². The van der Waals surface area contributed by atoms with Crippen LogP contribution in [0.3, 0.4) is 0 Å². The van der Waals surface area contributed by atoms with Crippen molar-refractivity contribution in [3.8, 4) is 12.0 Å². The van der Waals surface area contributed by atoms with Crippen LogP contribution in [0.15, 0.2) is 0 Å². The Bertz CT molecular complexity index is 423. The number of hydrogen-bond donors (Lipinski definition) is 1. The van der Waals surface area contributed by atoms with Gasteiger partial charge in [-0.2, -0.15) is 9.97 Å². The zero-order valence-electron chi connectivity index (χ0n) is 13.2. The molecule has 0 saturated carbocycles. The third-order valence-electron chi connectivity index (χ3n) is 3.08. The fourth-order valence-corrected chi connectivity index (χ4v) is 1.18. The van der Waals surface area contributed by atoms with Crippen LogP contribution in [0.25, 0.3) is 0 Å². The monoisotopic (exact) mass is 283 g/mol. The fraction of sp³-hybridized carbons (Fsp3) is 0.769. The van der Waals surface area contributed by atoms with Crippen molar-refractivity contribution in [1.29, 1.82) is 0 Å². The summed E-state index contributed by atoms with van der Waals surface area (Å²) in [4.78, 5) is 14.5. The van der Waals surface area contributed by atoms with Gasteiger partial charge in [0.1, 0.15) is 6.61 Å². The minimum Gasteiger partial charge on any atom is -0.467 e. The van der Waals surface area contributed by atoms with E-state index in [1.54, 1.807) is 0 Å². The van der Waals surface area contributed by atoms with Crippen LogP contribution < -0.4 is 14.8 Å². The van der Waals surface area contributed by atoms with Crippen LogP contribution in [-0.2, 0) is 0 Å². The molecule has 1 N–H and O–H groups in total. The molecule has 0 fully saturated rings. The van der Waals surface area contributed by atoms with Gasteiger partial charge in [0.05, 0.1) is 7.11 Å². The fourth-order valence-electron chi connectivity index (χ4n) is 1.18. The molecule has 20 heavy (non-hydrogen) atoms. The Kier molecular flexibility index (Phi) is 5.94. The number of anilines is 1. The summed E-state index contributed by atoms with van der Waals surface area (Å²) in [5, 5.41) is 3.10. The van der Waals surface area contributed by atoms with E-state index in [2.05, 4.69) is 45.9 Å². The Labute approximate surface area is 120 Å². The van der Waals surface area contributed by atoms with Crippen molar-refractivity contribution < 1.29 is 9.47 Å². The van der Waals surface area contributed by atoms with E-state index in [9.17, 15) is 0 Å². The van der Waals surface area contributed by atoms with Gasteiger partial charge >= 0.3 is 12.0 Å². The van der Waals surface area contributed by atoms with E-state index < -0.39 is 0 Å². The summed E-state index contributed by atoms with van der Waals surface area (Å²) < 4.78 is 10.7. The molecule has 7 nitrogen and oxygen atoms in total. The van der Waals surface area contributed by atoms with E-state index in [0.717, 1.165) is 13.0 Å². The second-order valence-electron chi connectivity index (χ2n) is 5.35. The van der Waals surface area contributed by atoms with Crippen molar-refractivity contribution in [3.63, 3.8) is 0 Å². The van der Waals surface area contributed by atoms with Crippen LogP contribution in [0.5, 0.6) is 12.0 Å². The van der Waals surface area contributed by atoms with Crippen molar-refractivity contribution in [1.82, 2.24) is 19.9 Å². The van der Waals surface area contributed by atoms with Crippen LogP contribution in [0, 0.1) is 0 Å². The highest BCUT2D eigenvalue weighted by Crippen LogP contribution is 2.16. The average Bonchev–Trinajstić information content (AvgIpc) is 2.42. The first-order valence-electron chi connectivity index (χ1n) is 6.73. The summed E-state index contributed by atoms with van der Waals surface area (Å²) in [6.07, 6.45) is 0.984. The van der Waals surface area contributed by atoms with Gasteiger partial charge in [-0.1, -0.05) is 6.92 Å². The Balaban J connectivity index is 2.78. The highest BCUT2D eigenvalue weighted by Gasteiger charge is 2.22. The Morgan fingerprint density at radius 3 is 2.35 bits per heavy atom.